The number of H-pyrrole nitrogens is 1. The first-order valence-electron chi connectivity index (χ1n) is 8.30. The molecule has 1 amide bonds. The van der Waals surface area contributed by atoms with E-state index in [4.69, 9.17) is 9.15 Å². The van der Waals surface area contributed by atoms with Gasteiger partial charge in [-0.25, -0.2) is 9.99 Å². The number of benzene rings is 1. The van der Waals surface area contributed by atoms with Gasteiger partial charge in [0.15, 0.2) is 5.16 Å². The first kappa shape index (κ1) is 17.3. The van der Waals surface area contributed by atoms with Gasteiger partial charge in [-0.05, 0) is 42.0 Å². The van der Waals surface area contributed by atoms with Crippen LogP contribution in [0, 0.1) is 0 Å². The topological polar surface area (TPSA) is 96.6 Å². The maximum Gasteiger partial charge on any atom is 0.253 e. The molecule has 3 heterocycles. The molecule has 0 bridgehead atoms. The molecule has 8 nitrogen and oxygen atoms in total. The summed E-state index contributed by atoms with van der Waals surface area (Å²) in [5, 5.41) is 13.2. The van der Waals surface area contributed by atoms with Gasteiger partial charge in [0, 0.05) is 6.42 Å². The van der Waals surface area contributed by atoms with Gasteiger partial charge in [-0.15, -0.1) is 0 Å². The molecular weight excluding hydrogens is 366 g/mol. The molecule has 1 atom stereocenters. The second kappa shape index (κ2) is 7.67. The minimum Gasteiger partial charge on any atom is -0.497 e. The Bertz CT molecular complexity index is 923. The summed E-state index contributed by atoms with van der Waals surface area (Å²) in [5.74, 6) is 1.56. The van der Waals surface area contributed by atoms with Crippen LogP contribution in [-0.2, 0) is 4.79 Å². The lowest BCUT2D eigenvalue weighted by molar-refractivity contribution is -0.130. The van der Waals surface area contributed by atoms with Gasteiger partial charge in [-0.3, -0.25) is 9.89 Å². The van der Waals surface area contributed by atoms with Crippen molar-refractivity contribution in [2.45, 2.75) is 17.6 Å². The number of carbonyl (C=O) groups excluding carboxylic acids is 1. The molecule has 2 aromatic heterocycles. The lowest BCUT2D eigenvalue weighted by atomic mass is 10.0. The molecule has 0 unspecified atom stereocenters. The average molecular weight is 383 g/mol. The first-order valence-corrected chi connectivity index (χ1v) is 9.28. The third-order valence-electron chi connectivity index (χ3n) is 4.19. The number of nitrogens with one attached hydrogen (secondary N) is 1. The highest BCUT2D eigenvalue weighted by Gasteiger charge is 2.34. The molecule has 0 spiro atoms. The molecule has 1 aliphatic rings. The van der Waals surface area contributed by atoms with E-state index in [9.17, 15) is 4.79 Å². The van der Waals surface area contributed by atoms with Crippen molar-refractivity contribution >= 4 is 23.4 Å². The fourth-order valence-electron chi connectivity index (χ4n) is 2.86. The summed E-state index contributed by atoms with van der Waals surface area (Å²) in [4.78, 5) is 16.8. The van der Waals surface area contributed by atoms with Crippen molar-refractivity contribution in [3.05, 3.63) is 60.3 Å². The highest BCUT2D eigenvalue weighted by atomic mass is 32.2. The van der Waals surface area contributed by atoms with Crippen LogP contribution >= 0.6 is 11.8 Å². The number of furan rings is 1. The smallest absolute Gasteiger partial charge is 0.253 e. The predicted molar refractivity (Wildman–Crippen MR) is 99.5 cm³/mol. The molecule has 9 heteroatoms. The second-order valence-corrected chi connectivity index (χ2v) is 6.79. The Hall–Kier alpha value is -3.07. The van der Waals surface area contributed by atoms with Crippen molar-refractivity contribution in [2.75, 3.05) is 12.9 Å². The Balaban J connectivity index is 1.56. The standard InChI is InChI=1S/C18H17N5O3S/c1-25-13-6-4-12(5-7-13)14-9-15(16-3-2-8-26-16)23(22-14)17(24)10-27-18-19-11-20-21-18/h2-8,11,15H,9-10H2,1H3,(H,19,20,21)/t15-/m0/s1. The fraction of sp³-hybridized carbons (Fsp3) is 0.222. The maximum absolute atomic E-state index is 12.8. The lowest BCUT2D eigenvalue weighted by Crippen LogP contribution is -2.28. The van der Waals surface area contributed by atoms with Crippen LogP contribution in [0.4, 0.5) is 0 Å². The molecule has 4 rings (SSSR count). The number of hydrazone groups is 1. The van der Waals surface area contributed by atoms with E-state index in [2.05, 4.69) is 20.3 Å². The molecule has 0 fully saturated rings. The largest absolute Gasteiger partial charge is 0.497 e. The molecule has 0 saturated carbocycles. The number of aromatic nitrogens is 3. The minimum atomic E-state index is -0.264. The fourth-order valence-corrected chi connectivity index (χ4v) is 3.49. The van der Waals surface area contributed by atoms with Crippen molar-refractivity contribution in [3.8, 4) is 5.75 Å². The monoisotopic (exact) mass is 383 g/mol. The van der Waals surface area contributed by atoms with E-state index in [1.807, 2.05) is 36.4 Å². The minimum absolute atomic E-state index is 0.124. The zero-order chi connectivity index (χ0) is 18.6. The Labute approximate surface area is 159 Å². The van der Waals surface area contributed by atoms with E-state index in [-0.39, 0.29) is 17.7 Å². The molecule has 0 saturated heterocycles. The molecule has 1 N–H and O–H groups in total. The second-order valence-electron chi connectivity index (χ2n) is 5.83. The Kier molecular flexibility index (Phi) is 4.93. The van der Waals surface area contributed by atoms with Crippen molar-refractivity contribution in [2.24, 2.45) is 5.10 Å². The van der Waals surface area contributed by atoms with Crippen LogP contribution in [0.1, 0.15) is 23.8 Å². The number of hydrogen-bond acceptors (Lipinski definition) is 7. The summed E-state index contributed by atoms with van der Waals surface area (Å²) < 4.78 is 10.7. The zero-order valence-corrected chi connectivity index (χ0v) is 15.3. The molecule has 138 valence electrons. The SMILES string of the molecule is COc1ccc(C2=NN(C(=O)CSc3ncn[nH]3)[C@H](c3ccco3)C2)cc1. The van der Waals surface area contributed by atoms with Gasteiger partial charge in [0.2, 0.25) is 0 Å². The highest BCUT2D eigenvalue weighted by Crippen LogP contribution is 2.34. The van der Waals surface area contributed by atoms with Gasteiger partial charge in [0.25, 0.3) is 5.91 Å². The molecule has 1 aromatic carbocycles. The van der Waals surface area contributed by atoms with Crippen molar-refractivity contribution in [1.29, 1.82) is 0 Å². The van der Waals surface area contributed by atoms with Crippen LogP contribution in [0.2, 0.25) is 0 Å². The van der Waals surface area contributed by atoms with Crippen LogP contribution in [0.3, 0.4) is 0 Å². The highest BCUT2D eigenvalue weighted by molar-refractivity contribution is 7.99. The molecule has 3 aromatic rings. The Morgan fingerprint density at radius 3 is 2.89 bits per heavy atom. The predicted octanol–water partition coefficient (Wildman–Crippen LogP) is 2.88. The summed E-state index contributed by atoms with van der Waals surface area (Å²) in [6.45, 7) is 0. The number of ether oxygens (including phenoxy) is 1. The normalized spacial score (nSPS) is 16.4. The lowest BCUT2D eigenvalue weighted by Gasteiger charge is -2.19. The van der Waals surface area contributed by atoms with Crippen LogP contribution < -0.4 is 4.74 Å². The quantitative estimate of drug-likeness (QED) is 0.658. The van der Waals surface area contributed by atoms with E-state index in [0.29, 0.717) is 17.3 Å². The summed E-state index contributed by atoms with van der Waals surface area (Å²) in [5.41, 5.74) is 1.78. The van der Waals surface area contributed by atoms with Crippen LogP contribution in [0.15, 0.2) is 63.7 Å². The number of amides is 1. The number of hydrogen-bond donors (Lipinski definition) is 1. The van der Waals surface area contributed by atoms with Gasteiger partial charge >= 0.3 is 0 Å². The summed E-state index contributed by atoms with van der Waals surface area (Å²) in [6.07, 6.45) is 3.60. The van der Waals surface area contributed by atoms with Crippen molar-refractivity contribution < 1.29 is 13.9 Å². The van der Waals surface area contributed by atoms with E-state index in [1.165, 1.54) is 23.1 Å². The van der Waals surface area contributed by atoms with Gasteiger partial charge in [-0.1, -0.05) is 11.8 Å². The van der Waals surface area contributed by atoms with E-state index in [0.717, 1.165) is 17.0 Å². The molecule has 0 aliphatic carbocycles. The number of carbonyl (C=O) groups is 1. The number of methoxy groups -OCH3 is 1. The van der Waals surface area contributed by atoms with E-state index >= 15 is 0 Å². The molecule has 27 heavy (non-hydrogen) atoms. The van der Waals surface area contributed by atoms with Crippen molar-refractivity contribution in [3.63, 3.8) is 0 Å². The van der Waals surface area contributed by atoms with Crippen LogP contribution in [-0.4, -0.2) is 44.7 Å². The average Bonchev–Trinajstić information content (AvgIpc) is 3.47. The van der Waals surface area contributed by atoms with Gasteiger partial charge < -0.3 is 9.15 Å². The molecular formula is C18H17N5O3S. The third-order valence-corrected chi connectivity index (χ3v) is 5.05. The number of nitrogens with zero attached hydrogens (tertiary/aromatic N) is 4. The number of aromatic amines is 1. The maximum atomic E-state index is 12.8. The first-order chi connectivity index (χ1) is 13.2. The number of thioether (sulfide) groups is 1. The number of rotatable bonds is 6. The van der Waals surface area contributed by atoms with Crippen molar-refractivity contribution in [1.82, 2.24) is 20.2 Å². The molecule has 1 aliphatic heterocycles. The van der Waals surface area contributed by atoms with Crippen LogP contribution in [0.25, 0.3) is 0 Å². The van der Waals surface area contributed by atoms with Gasteiger partial charge in [-0.2, -0.15) is 10.2 Å². The Morgan fingerprint density at radius 1 is 1.37 bits per heavy atom. The van der Waals surface area contributed by atoms with Gasteiger partial charge in [0.1, 0.15) is 23.9 Å². The van der Waals surface area contributed by atoms with Gasteiger partial charge in [0.05, 0.1) is 24.8 Å². The zero-order valence-electron chi connectivity index (χ0n) is 14.5. The van der Waals surface area contributed by atoms with E-state index in [1.54, 1.807) is 13.4 Å². The van der Waals surface area contributed by atoms with Crippen LogP contribution in [0.5, 0.6) is 5.75 Å². The Morgan fingerprint density at radius 2 is 2.22 bits per heavy atom. The molecule has 0 radical (unpaired) electrons. The third kappa shape index (κ3) is 3.72. The summed E-state index contributed by atoms with van der Waals surface area (Å²) in [6, 6.07) is 11.0. The summed E-state index contributed by atoms with van der Waals surface area (Å²) in [7, 11) is 1.63. The van der Waals surface area contributed by atoms with E-state index < -0.39 is 0 Å². The summed E-state index contributed by atoms with van der Waals surface area (Å²) >= 11 is 1.29.